The molecule has 0 bridgehead atoms. The summed E-state index contributed by atoms with van der Waals surface area (Å²) in [5.74, 6) is 0.726. The molecule has 18 heavy (non-hydrogen) atoms. The summed E-state index contributed by atoms with van der Waals surface area (Å²) in [6, 6.07) is 0.528. The highest BCUT2D eigenvalue weighted by Gasteiger charge is 2.24. The van der Waals surface area contributed by atoms with E-state index in [9.17, 15) is 5.11 Å². The topological polar surface area (TPSA) is 44.7 Å². The van der Waals surface area contributed by atoms with Crippen LogP contribution in [0.25, 0.3) is 0 Å². The maximum Gasteiger partial charge on any atom is 0.0638 e. The Morgan fingerprint density at radius 2 is 2.06 bits per heavy atom. The van der Waals surface area contributed by atoms with E-state index in [4.69, 9.17) is 4.74 Å². The summed E-state index contributed by atoms with van der Waals surface area (Å²) in [6.07, 6.45) is 3.78. The molecule has 108 valence electrons. The Morgan fingerprint density at radius 1 is 1.39 bits per heavy atom. The molecule has 0 aromatic rings. The third-order valence-electron chi connectivity index (χ3n) is 3.97. The van der Waals surface area contributed by atoms with Gasteiger partial charge >= 0.3 is 0 Å². The molecule has 2 N–H and O–H groups in total. The number of hydrogen-bond acceptors (Lipinski definition) is 4. The van der Waals surface area contributed by atoms with Crippen LogP contribution in [0.3, 0.4) is 0 Å². The largest absolute Gasteiger partial charge is 0.395 e. The van der Waals surface area contributed by atoms with E-state index in [-0.39, 0.29) is 12.6 Å². The van der Waals surface area contributed by atoms with E-state index >= 15 is 0 Å². The third kappa shape index (κ3) is 5.22. The summed E-state index contributed by atoms with van der Waals surface area (Å²) < 4.78 is 5.10. The molecule has 4 heteroatoms. The summed E-state index contributed by atoms with van der Waals surface area (Å²) in [6.45, 7) is 8.88. The number of nitrogens with one attached hydrogen (secondary N) is 1. The van der Waals surface area contributed by atoms with E-state index in [1.165, 1.54) is 38.9 Å². The Kier molecular flexibility index (Phi) is 7.82. The highest BCUT2D eigenvalue weighted by Crippen LogP contribution is 2.21. The molecule has 0 amide bonds. The standard InChI is InChI=1S/C14H30N2O2/c1-4-7-16-8-5-13(6-9-16)12(2)15-14(10-17)11-18-3/h12-15,17H,4-11H2,1-3H3. The maximum absolute atomic E-state index is 9.27. The lowest BCUT2D eigenvalue weighted by Gasteiger charge is -2.36. The van der Waals surface area contributed by atoms with E-state index in [0.717, 1.165) is 5.92 Å². The lowest BCUT2D eigenvalue weighted by atomic mass is 9.90. The first-order valence-corrected chi connectivity index (χ1v) is 7.29. The maximum atomic E-state index is 9.27. The first-order valence-electron chi connectivity index (χ1n) is 7.29. The molecule has 1 aliphatic heterocycles. The fraction of sp³-hybridized carbons (Fsp3) is 1.00. The van der Waals surface area contributed by atoms with Gasteiger partial charge in [-0.1, -0.05) is 6.92 Å². The lowest BCUT2D eigenvalue weighted by Crippen LogP contribution is -2.48. The van der Waals surface area contributed by atoms with E-state index in [1.54, 1.807) is 7.11 Å². The van der Waals surface area contributed by atoms with Crippen LogP contribution < -0.4 is 5.32 Å². The number of likely N-dealkylation sites (tertiary alicyclic amines) is 1. The Labute approximate surface area is 112 Å². The molecule has 2 unspecified atom stereocenters. The van der Waals surface area contributed by atoms with E-state index < -0.39 is 0 Å². The first kappa shape index (κ1) is 15.9. The zero-order valence-corrected chi connectivity index (χ0v) is 12.2. The van der Waals surface area contributed by atoms with Crippen molar-refractivity contribution in [3.8, 4) is 0 Å². The van der Waals surface area contributed by atoms with Gasteiger partial charge in [0.15, 0.2) is 0 Å². The molecule has 0 aromatic carbocycles. The number of nitrogens with zero attached hydrogens (tertiary/aromatic N) is 1. The number of hydrogen-bond donors (Lipinski definition) is 2. The van der Waals surface area contributed by atoms with Gasteiger partial charge in [0, 0.05) is 13.2 Å². The van der Waals surface area contributed by atoms with Crippen LogP contribution in [0.2, 0.25) is 0 Å². The van der Waals surface area contributed by atoms with Crippen molar-refractivity contribution in [2.75, 3.05) is 40.0 Å². The average Bonchev–Trinajstić information content (AvgIpc) is 2.39. The number of piperidine rings is 1. The predicted molar refractivity (Wildman–Crippen MR) is 74.8 cm³/mol. The van der Waals surface area contributed by atoms with E-state index in [1.807, 2.05) is 0 Å². The van der Waals surface area contributed by atoms with Crippen LogP contribution in [-0.4, -0.2) is 62.0 Å². The molecule has 0 saturated carbocycles. The SMILES string of the molecule is CCCN1CCC(C(C)NC(CO)COC)CC1. The van der Waals surface area contributed by atoms with Gasteiger partial charge in [0.2, 0.25) is 0 Å². The molecule has 1 heterocycles. The van der Waals surface area contributed by atoms with Crippen molar-refractivity contribution >= 4 is 0 Å². The molecule has 1 fully saturated rings. The third-order valence-corrected chi connectivity index (χ3v) is 3.97. The smallest absolute Gasteiger partial charge is 0.0638 e. The van der Waals surface area contributed by atoms with Crippen LogP contribution in [-0.2, 0) is 4.74 Å². The normalized spacial score (nSPS) is 22.0. The Bertz CT molecular complexity index is 206. The van der Waals surface area contributed by atoms with Crippen molar-refractivity contribution in [1.82, 2.24) is 10.2 Å². The number of ether oxygens (including phenoxy) is 1. The summed E-state index contributed by atoms with van der Waals surface area (Å²) in [5.41, 5.74) is 0. The minimum Gasteiger partial charge on any atom is -0.395 e. The lowest BCUT2D eigenvalue weighted by molar-refractivity contribution is 0.105. The van der Waals surface area contributed by atoms with Crippen LogP contribution >= 0.6 is 0 Å². The van der Waals surface area contributed by atoms with Gasteiger partial charge in [0.25, 0.3) is 0 Å². The van der Waals surface area contributed by atoms with Crippen LogP contribution in [0, 0.1) is 5.92 Å². The second-order valence-corrected chi connectivity index (χ2v) is 5.47. The summed E-state index contributed by atoms with van der Waals surface area (Å²) in [5, 5.41) is 12.8. The number of aliphatic hydroxyl groups is 1. The van der Waals surface area contributed by atoms with Crippen LogP contribution in [0.5, 0.6) is 0 Å². The second-order valence-electron chi connectivity index (χ2n) is 5.47. The van der Waals surface area contributed by atoms with Gasteiger partial charge in [0.05, 0.1) is 19.3 Å². The minimum atomic E-state index is 0.0682. The van der Waals surface area contributed by atoms with Gasteiger partial charge in [-0.15, -0.1) is 0 Å². The minimum absolute atomic E-state index is 0.0682. The molecule has 1 rings (SSSR count). The quantitative estimate of drug-likeness (QED) is 0.684. The number of methoxy groups -OCH3 is 1. The van der Waals surface area contributed by atoms with Crippen molar-refractivity contribution < 1.29 is 9.84 Å². The molecule has 1 aliphatic rings. The molecule has 0 aromatic heterocycles. The van der Waals surface area contributed by atoms with Crippen molar-refractivity contribution in [2.24, 2.45) is 5.92 Å². The summed E-state index contributed by atoms with van der Waals surface area (Å²) >= 11 is 0. The molecule has 0 spiro atoms. The Hall–Kier alpha value is -0.160. The summed E-state index contributed by atoms with van der Waals surface area (Å²) in [4.78, 5) is 2.56. The molecule has 2 atom stereocenters. The van der Waals surface area contributed by atoms with Crippen molar-refractivity contribution in [3.63, 3.8) is 0 Å². The molecule has 1 saturated heterocycles. The van der Waals surface area contributed by atoms with Crippen molar-refractivity contribution in [3.05, 3.63) is 0 Å². The zero-order chi connectivity index (χ0) is 13.4. The molecular formula is C14H30N2O2. The van der Waals surface area contributed by atoms with Gasteiger partial charge in [-0.05, 0) is 51.7 Å². The van der Waals surface area contributed by atoms with Gasteiger partial charge in [-0.3, -0.25) is 0 Å². The van der Waals surface area contributed by atoms with E-state index in [0.29, 0.717) is 12.6 Å². The second kappa shape index (κ2) is 8.86. The van der Waals surface area contributed by atoms with Crippen LogP contribution in [0.15, 0.2) is 0 Å². The Balaban J connectivity index is 2.28. The highest BCUT2D eigenvalue weighted by molar-refractivity contribution is 4.81. The Morgan fingerprint density at radius 3 is 2.56 bits per heavy atom. The molecule has 0 aliphatic carbocycles. The molecule has 0 radical (unpaired) electrons. The van der Waals surface area contributed by atoms with E-state index in [2.05, 4.69) is 24.1 Å². The van der Waals surface area contributed by atoms with Gasteiger partial charge in [-0.25, -0.2) is 0 Å². The fourth-order valence-corrected chi connectivity index (χ4v) is 2.86. The first-order chi connectivity index (χ1) is 8.71. The monoisotopic (exact) mass is 258 g/mol. The summed E-state index contributed by atoms with van der Waals surface area (Å²) in [7, 11) is 1.68. The molecular weight excluding hydrogens is 228 g/mol. The number of rotatable bonds is 8. The predicted octanol–water partition coefficient (Wildman–Crippen LogP) is 1.09. The zero-order valence-electron chi connectivity index (χ0n) is 12.2. The van der Waals surface area contributed by atoms with Crippen molar-refractivity contribution in [1.29, 1.82) is 0 Å². The average molecular weight is 258 g/mol. The fourth-order valence-electron chi connectivity index (χ4n) is 2.86. The molecule has 4 nitrogen and oxygen atoms in total. The van der Waals surface area contributed by atoms with Gasteiger partial charge in [-0.2, -0.15) is 0 Å². The van der Waals surface area contributed by atoms with Crippen molar-refractivity contribution in [2.45, 2.75) is 45.2 Å². The van der Waals surface area contributed by atoms with Crippen LogP contribution in [0.1, 0.15) is 33.1 Å². The highest BCUT2D eigenvalue weighted by atomic mass is 16.5. The number of aliphatic hydroxyl groups excluding tert-OH is 1. The van der Waals surface area contributed by atoms with Crippen LogP contribution in [0.4, 0.5) is 0 Å². The van der Waals surface area contributed by atoms with Gasteiger partial charge in [0.1, 0.15) is 0 Å². The van der Waals surface area contributed by atoms with Gasteiger partial charge < -0.3 is 20.1 Å².